The predicted molar refractivity (Wildman–Crippen MR) is 101 cm³/mol. The summed E-state index contributed by atoms with van der Waals surface area (Å²) < 4.78 is 5.12. The van der Waals surface area contributed by atoms with E-state index in [2.05, 4.69) is 10.3 Å². The molecule has 138 valence electrons. The number of hydrogen-bond acceptors (Lipinski definition) is 4. The van der Waals surface area contributed by atoms with Gasteiger partial charge in [-0.3, -0.25) is 0 Å². The molecule has 0 aliphatic heterocycles. The van der Waals surface area contributed by atoms with E-state index in [1.807, 2.05) is 36.4 Å². The van der Waals surface area contributed by atoms with Gasteiger partial charge in [-0.25, -0.2) is 4.79 Å². The Balaban J connectivity index is 1.73. The van der Waals surface area contributed by atoms with Gasteiger partial charge in [-0.1, -0.05) is 24.3 Å². The largest absolute Gasteiger partial charge is 0.444 e. The van der Waals surface area contributed by atoms with Crippen molar-refractivity contribution in [3.05, 3.63) is 48.0 Å². The highest BCUT2D eigenvalue weighted by atomic mass is 16.6. The maximum atomic E-state index is 11.7. The number of aliphatic hydroxyl groups is 2. The van der Waals surface area contributed by atoms with Gasteiger partial charge in [0.15, 0.2) is 0 Å². The molecule has 0 fully saturated rings. The number of benzene rings is 2. The number of hydrogen-bond donors (Lipinski definition) is 4. The van der Waals surface area contributed by atoms with E-state index in [9.17, 15) is 15.0 Å². The number of fused-ring (bicyclic) bond motifs is 3. The molecule has 0 aliphatic rings. The van der Waals surface area contributed by atoms with Gasteiger partial charge in [-0.05, 0) is 44.5 Å². The van der Waals surface area contributed by atoms with E-state index in [0.717, 1.165) is 21.8 Å². The molecule has 4 N–H and O–H groups in total. The van der Waals surface area contributed by atoms with E-state index >= 15 is 0 Å². The van der Waals surface area contributed by atoms with Crippen molar-refractivity contribution < 1.29 is 19.7 Å². The summed E-state index contributed by atoms with van der Waals surface area (Å²) in [6.07, 6.45) is -2.90. The Morgan fingerprint density at radius 1 is 1.12 bits per heavy atom. The predicted octanol–water partition coefficient (Wildman–Crippen LogP) is 3.24. The summed E-state index contributed by atoms with van der Waals surface area (Å²) in [6.45, 7) is 5.17. The van der Waals surface area contributed by atoms with Crippen molar-refractivity contribution in [2.24, 2.45) is 0 Å². The average Bonchev–Trinajstić information content (AvgIpc) is 2.95. The van der Waals surface area contributed by atoms with Crippen molar-refractivity contribution in [1.82, 2.24) is 10.3 Å². The van der Waals surface area contributed by atoms with E-state index < -0.39 is 23.9 Å². The third-order valence-corrected chi connectivity index (χ3v) is 4.09. The summed E-state index contributed by atoms with van der Waals surface area (Å²) in [5, 5.41) is 25.2. The zero-order valence-corrected chi connectivity index (χ0v) is 15.1. The van der Waals surface area contributed by atoms with Crippen molar-refractivity contribution >= 4 is 27.9 Å². The van der Waals surface area contributed by atoms with Gasteiger partial charge in [-0.15, -0.1) is 0 Å². The fourth-order valence-corrected chi connectivity index (χ4v) is 2.89. The lowest BCUT2D eigenvalue weighted by Crippen LogP contribution is -2.38. The summed E-state index contributed by atoms with van der Waals surface area (Å²) in [5.41, 5.74) is 1.94. The minimum absolute atomic E-state index is 0.109. The molecule has 26 heavy (non-hydrogen) atoms. The lowest BCUT2D eigenvalue weighted by molar-refractivity contribution is 0.0130. The summed E-state index contributed by atoms with van der Waals surface area (Å²) in [4.78, 5) is 15.0. The Labute approximate surface area is 151 Å². The summed E-state index contributed by atoms with van der Waals surface area (Å²) in [7, 11) is 0. The van der Waals surface area contributed by atoms with Crippen LogP contribution < -0.4 is 5.32 Å². The smallest absolute Gasteiger partial charge is 0.407 e. The molecule has 2 unspecified atom stereocenters. The van der Waals surface area contributed by atoms with Gasteiger partial charge in [0.2, 0.25) is 0 Å². The SMILES string of the molecule is CC(C)(C)OC(=O)NCC(O)C(O)c1ccc2[nH]c3ccccc3c2c1. The van der Waals surface area contributed by atoms with Crippen LogP contribution in [0.15, 0.2) is 42.5 Å². The Morgan fingerprint density at radius 2 is 1.81 bits per heavy atom. The minimum Gasteiger partial charge on any atom is -0.444 e. The standard InChI is InChI=1S/C20H24N2O4/c1-20(2,3)26-19(25)21-11-17(23)18(24)12-8-9-16-14(10-12)13-6-4-5-7-15(13)22-16/h4-10,17-18,22-24H,11H2,1-3H3,(H,21,25). The van der Waals surface area contributed by atoms with Gasteiger partial charge in [0.05, 0.1) is 0 Å². The fraction of sp³-hybridized carbons (Fsp3) is 0.350. The number of aromatic nitrogens is 1. The molecule has 6 heteroatoms. The number of aliphatic hydroxyl groups excluding tert-OH is 2. The third-order valence-electron chi connectivity index (χ3n) is 4.09. The number of nitrogens with one attached hydrogen (secondary N) is 2. The Bertz CT molecular complexity index is 926. The van der Waals surface area contributed by atoms with E-state index in [1.54, 1.807) is 26.8 Å². The minimum atomic E-state index is -1.15. The van der Waals surface area contributed by atoms with Crippen molar-refractivity contribution in [1.29, 1.82) is 0 Å². The highest BCUT2D eigenvalue weighted by molar-refractivity contribution is 6.07. The molecule has 1 aromatic heterocycles. The van der Waals surface area contributed by atoms with Gasteiger partial charge >= 0.3 is 6.09 Å². The van der Waals surface area contributed by atoms with Crippen molar-refractivity contribution in [2.45, 2.75) is 38.6 Å². The molecule has 0 bridgehead atoms. The molecular formula is C20H24N2O4. The first kappa shape index (κ1) is 18.2. The van der Waals surface area contributed by atoms with Crippen molar-refractivity contribution in [2.75, 3.05) is 6.54 Å². The molecule has 0 aliphatic carbocycles. The number of H-pyrrole nitrogens is 1. The maximum absolute atomic E-state index is 11.7. The Morgan fingerprint density at radius 3 is 2.54 bits per heavy atom. The number of carbonyl (C=O) groups excluding carboxylic acids is 1. The second-order valence-corrected chi connectivity index (χ2v) is 7.37. The normalized spacial score (nSPS) is 14.3. The second kappa shape index (κ2) is 6.97. The molecule has 2 atom stereocenters. The second-order valence-electron chi connectivity index (χ2n) is 7.37. The Kier molecular flexibility index (Phi) is 4.89. The van der Waals surface area contributed by atoms with Gasteiger partial charge in [0.1, 0.15) is 17.8 Å². The first-order chi connectivity index (χ1) is 12.2. The van der Waals surface area contributed by atoms with Crippen LogP contribution >= 0.6 is 0 Å². The maximum Gasteiger partial charge on any atom is 0.407 e. The molecule has 2 aromatic carbocycles. The van der Waals surface area contributed by atoms with Gasteiger partial charge in [0.25, 0.3) is 0 Å². The van der Waals surface area contributed by atoms with Gasteiger partial charge in [-0.2, -0.15) is 0 Å². The van der Waals surface area contributed by atoms with E-state index in [-0.39, 0.29) is 6.54 Å². The molecule has 0 spiro atoms. The number of rotatable bonds is 4. The molecule has 6 nitrogen and oxygen atoms in total. The molecule has 0 saturated heterocycles. The Hall–Kier alpha value is -2.57. The number of alkyl carbamates (subject to hydrolysis) is 1. The number of ether oxygens (including phenoxy) is 1. The molecule has 0 radical (unpaired) electrons. The summed E-state index contributed by atoms with van der Waals surface area (Å²) in [6, 6.07) is 13.4. The van der Waals surface area contributed by atoms with Gasteiger partial charge in [0, 0.05) is 28.4 Å². The van der Waals surface area contributed by atoms with Crippen molar-refractivity contribution in [3.8, 4) is 0 Å². The fourth-order valence-electron chi connectivity index (χ4n) is 2.89. The van der Waals surface area contributed by atoms with E-state index in [1.165, 1.54) is 0 Å². The van der Waals surface area contributed by atoms with Crippen LogP contribution in [0.3, 0.4) is 0 Å². The molecule has 0 saturated carbocycles. The number of para-hydroxylation sites is 1. The number of amides is 1. The number of aromatic amines is 1. The monoisotopic (exact) mass is 356 g/mol. The molecule has 1 amide bonds. The summed E-state index contributed by atoms with van der Waals surface area (Å²) in [5.74, 6) is 0. The lowest BCUT2D eigenvalue weighted by Gasteiger charge is -2.22. The van der Waals surface area contributed by atoms with Crippen LogP contribution in [0.2, 0.25) is 0 Å². The molecule has 1 heterocycles. The zero-order valence-electron chi connectivity index (χ0n) is 15.1. The van der Waals surface area contributed by atoms with Crippen LogP contribution in [-0.4, -0.2) is 39.5 Å². The van der Waals surface area contributed by atoms with Crippen LogP contribution in [0, 0.1) is 0 Å². The number of carbonyl (C=O) groups is 1. The van der Waals surface area contributed by atoms with Crippen molar-refractivity contribution in [3.63, 3.8) is 0 Å². The summed E-state index contributed by atoms with van der Waals surface area (Å²) >= 11 is 0. The average molecular weight is 356 g/mol. The molecular weight excluding hydrogens is 332 g/mol. The lowest BCUT2D eigenvalue weighted by atomic mass is 10.0. The zero-order chi connectivity index (χ0) is 18.9. The first-order valence-corrected chi connectivity index (χ1v) is 8.58. The molecule has 3 rings (SSSR count). The highest BCUT2D eigenvalue weighted by Crippen LogP contribution is 2.28. The van der Waals surface area contributed by atoms with Crippen LogP contribution in [0.4, 0.5) is 4.79 Å². The third kappa shape index (κ3) is 3.98. The highest BCUT2D eigenvalue weighted by Gasteiger charge is 2.22. The first-order valence-electron chi connectivity index (χ1n) is 8.58. The van der Waals surface area contributed by atoms with Crippen LogP contribution in [0.1, 0.15) is 32.4 Å². The van der Waals surface area contributed by atoms with Crippen LogP contribution in [0.25, 0.3) is 21.8 Å². The van der Waals surface area contributed by atoms with E-state index in [0.29, 0.717) is 5.56 Å². The van der Waals surface area contributed by atoms with E-state index in [4.69, 9.17) is 4.74 Å². The quantitative estimate of drug-likeness (QED) is 0.577. The van der Waals surface area contributed by atoms with Crippen LogP contribution in [-0.2, 0) is 4.74 Å². The topological polar surface area (TPSA) is 94.6 Å². The van der Waals surface area contributed by atoms with Gasteiger partial charge < -0.3 is 25.3 Å². The van der Waals surface area contributed by atoms with Crippen LogP contribution in [0.5, 0.6) is 0 Å². The molecule has 3 aromatic rings.